The van der Waals surface area contributed by atoms with Gasteiger partial charge in [0.25, 0.3) is 6.43 Å². The molecule has 1 nitrogen and oxygen atoms in total. The van der Waals surface area contributed by atoms with Crippen molar-refractivity contribution in [3.63, 3.8) is 0 Å². The van der Waals surface area contributed by atoms with Crippen molar-refractivity contribution in [3.05, 3.63) is 70.8 Å². The third-order valence-electron chi connectivity index (χ3n) is 3.03. The monoisotopic (exact) mass is 284 g/mol. The lowest BCUT2D eigenvalue weighted by Crippen LogP contribution is -2.06. The summed E-state index contributed by atoms with van der Waals surface area (Å²) in [4.78, 5) is 0. The summed E-state index contributed by atoms with van der Waals surface area (Å²) in [5, 5.41) is 9.93. The molecule has 1 unspecified atom stereocenters. The van der Waals surface area contributed by atoms with Crippen molar-refractivity contribution in [1.82, 2.24) is 0 Å². The molecular weight excluding hydrogens is 272 g/mol. The lowest BCUT2D eigenvalue weighted by Gasteiger charge is -2.13. The number of benzene rings is 2. The summed E-state index contributed by atoms with van der Waals surface area (Å²) >= 11 is 0. The Morgan fingerprint density at radius 1 is 0.850 bits per heavy atom. The molecule has 0 saturated heterocycles. The predicted octanol–water partition coefficient (Wildman–Crippen LogP) is 4.18. The molecule has 0 amide bonds. The fourth-order valence-corrected chi connectivity index (χ4v) is 1.90. The van der Waals surface area contributed by atoms with Crippen LogP contribution in [0.5, 0.6) is 0 Å². The standard InChI is InChI=1S/C15H12F4O/c16-12-2-1-3-13(17)11(12)8-14(20)9-4-6-10(7-5-9)15(18)19/h1-7,14-15,20H,8H2. The van der Waals surface area contributed by atoms with Gasteiger partial charge in [0.2, 0.25) is 0 Å². The zero-order valence-electron chi connectivity index (χ0n) is 10.4. The molecule has 0 spiro atoms. The van der Waals surface area contributed by atoms with E-state index in [2.05, 4.69) is 0 Å². The van der Waals surface area contributed by atoms with E-state index in [1.807, 2.05) is 0 Å². The van der Waals surface area contributed by atoms with Crippen LogP contribution in [-0.2, 0) is 6.42 Å². The maximum absolute atomic E-state index is 13.4. The maximum Gasteiger partial charge on any atom is 0.263 e. The molecule has 1 atom stereocenters. The largest absolute Gasteiger partial charge is 0.388 e. The molecule has 0 radical (unpaired) electrons. The summed E-state index contributed by atoms with van der Waals surface area (Å²) in [5.74, 6) is -1.48. The summed E-state index contributed by atoms with van der Waals surface area (Å²) in [6, 6.07) is 8.45. The van der Waals surface area contributed by atoms with E-state index in [4.69, 9.17) is 0 Å². The van der Waals surface area contributed by atoms with Gasteiger partial charge in [-0.1, -0.05) is 30.3 Å². The first-order chi connectivity index (χ1) is 9.49. The molecule has 0 bridgehead atoms. The topological polar surface area (TPSA) is 20.2 Å². The number of hydrogen-bond donors (Lipinski definition) is 1. The highest BCUT2D eigenvalue weighted by atomic mass is 19.3. The number of halogens is 4. The van der Waals surface area contributed by atoms with E-state index in [0.717, 1.165) is 12.1 Å². The van der Waals surface area contributed by atoms with Gasteiger partial charge in [0.05, 0.1) is 6.10 Å². The fraction of sp³-hybridized carbons (Fsp3) is 0.200. The average molecular weight is 284 g/mol. The predicted molar refractivity (Wildman–Crippen MR) is 66.4 cm³/mol. The molecule has 0 aliphatic heterocycles. The van der Waals surface area contributed by atoms with E-state index in [1.165, 1.54) is 30.3 Å². The second-order valence-corrected chi connectivity index (χ2v) is 4.39. The van der Waals surface area contributed by atoms with Gasteiger partial charge in [-0.05, 0) is 17.7 Å². The van der Waals surface area contributed by atoms with Crippen molar-refractivity contribution in [2.75, 3.05) is 0 Å². The van der Waals surface area contributed by atoms with Crippen LogP contribution in [0, 0.1) is 11.6 Å². The van der Waals surface area contributed by atoms with Crippen LogP contribution in [-0.4, -0.2) is 5.11 Å². The fourth-order valence-electron chi connectivity index (χ4n) is 1.90. The molecular formula is C15H12F4O. The van der Waals surface area contributed by atoms with Crippen molar-refractivity contribution in [1.29, 1.82) is 0 Å². The van der Waals surface area contributed by atoms with Crippen LogP contribution >= 0.6 is 0 Å². The minimum atomic E-state index is -2.59. The molecule has 0 aromatic heterocycles. The Balaban J connectivity index is 2.17. The van der Waals surface area contributed by atoms with E-state index >= 15 is 0 Å². The molecule has 0 heterocycles. The third-order valence-corrected chi connectivity index (χ3v) is 3.03. The van der Waals surface area contributed by atoms with Crippen molar-refractivity contribution in [3.8, 4) is 0 Å². The summed E-state index contributed by atoms with van der Waals surface area (Å²) in [5.41, 5.74) is -0.0620. The summed E-state index contributed by atoms with van der Waals surface area (Å²) in [6.45, 7) is 0. The number of alkyl halides is 2. The van der Waals surface area contributed by atoms with Crippen LogP contribution in [0.25, 0.3) is 0 Å². The van der Waals surface area contributed by atoms with Gasteiger partial charge < -0.3 is 5.11 Å². The van der Waals surface area contributed by atoms with Gasteiger partial charge in [0.15, 0.2) is 0 Å². The summed E-state index contributed by atoms with van der Waals surface area (Å²) < 4.78 is 51.7. The molecule has 1 N–H and O–H groups in total. The van der Waals surface area contributed by atoms with E-state index < -0.39 is 24.2 Å². The summed E-state index contributed by atoms with van der Waals surface area (Å²) in [7, 11) is 0. The number of aliphatic hydroxyl groups excluding tert-OH is 1. The smallest absolute Gasteiger partial charge is 0.263 e. The second-order valence-electron chi connectivity index (χ2n) is 4.39. The van der Waals surface area contributed by atoms with E-state index in [1.54, 1.807) is 0 Å². The van der Waals surface area contributed by atoms with Gasteiger partial charge in [-0.3, -0.25) is 0 Å². The van der Waals surface area contributed by atoms with Crippen LogP contribution in [0.15, 0.2) is 42.5 Å². The highest BCUT2D eigenvalue weighted by Crippen LogP contribution is 2.25. The number of hydrogen-bond acceptors (Lipinski definition) is 1. The van der Waals surface area contributed by atoms with Crippen LogP contribution in [0.2, 0.25) is 0 Å². The molecule has 20 heavy (non-hydrogen) atoms. The first-order valence-corrected chi connectivity index (χ1v) is 5.98. The Bertz CT molecular complexity index is 561. The van der Waals surface area contributed by atoms with Crippen molar-refractivity contribution in [2.24, 2.45) is 0 Å². The van der Waals surface area contributed by atoms with Gasteiger partial charge in [-0.25, -0.2) is 17.6 Å². The van der Waals surface area contributed by atoms with Crippen LogP contribution in [0.4, 0.5) is 17.6 Å². The van der Waals surface area contributed by atoms with Crippen LogP contribution in [0.3, 0.4) is 0 Å². The van der Waals surface area contributed by atoms with E-state index in [0.29, 0.717) is 5.56 Å². The molecule has 2 aromatic carbocycles. The Labute approximate surface area is 113 Å². The number of aliphatic hydroxyl groups is 1. The Hall–Kier alpha value is -1.88. The highest BCUT2D eigenvalue weighted by Gasteiger charge is 2.16. The maximum atomic E-state index is 13.4. The van der Waals surface area contributed by atoms with Crippen molar-refractivity contribution < 1.29 is 22.7 Å². The molecule has 0 aliphatic carbocycles. The van der Waals surface area contributed by atoms with E-state index in [-0.39, 0.29) is 17.5 Å². The van der Waals surface area contributed by atoms with Crippen LogP contribution < -0.4 is 0 Å². The highest BCUT2D eigenvalue weighted by molar-refractivity contribution is 5.27. The minimum Gasteiger partial charge on any atom is -0.388 e. The molecule has 0 fully saturated rings. The normalized spacial score (nSPS) is 12.7. The van der Waals surface area contributed by atoms with Gasteiger partial charge in [-0.2, -0.15) is 0 Å². The molecule has 2 aromatic rings. The minimum absolute atomic E-state index is 0.168. The molecule has 2 rings (SSSR count). The quantitative estimate of drug-likeness (QED) is 0.835. The van der Waals surface area contributed by atoms with Crippen LogP contribution in [0.1, 0.15) is 29.2 Å². The van der Waals surface area contributed by atoms with Crippen molar-refractivity contribution >= 4 is 0 Å². The number of rotatable bonds is 4. The second kappa shape index (κ2) is 6.05. The zero-order chi connectivity index (χ0) is 14.7. The van der Waals surface area contributed by atoms with Crippen molar-refractivity contribution in [2.45, 2.75) is 19.0 Å². The van der Waals surface area contributed by atoms with Gasteiger partial charge >= 0.3 is 0 Å². The van der Waals surface area contributed by atoms with Gasteiger partial charge in [0, 0.05) is 17.5 Å². The molecule has 5 heteroatoms. The van der Waals surface area contributed by atoms with Gasteiger partial charge in [0.1, 0.15) is 11.6 Å². The molecule has 0 aliphatic rings. The Morgan fingerprint density at radius 2 is 1.35 bits per heavy atom. The Kier molecular flexibility index (Phi) is 4.39. The Morgan fingerprint density at radius 3 is 1.85 bits per heavy atom. The first kappa shape index (κ1) is 14.5. The zero-order valence-corrected chi connectivity index (χ0v) is 10.4. The lowest BCUT2D eigenvalue weighted by molar-refractivity contribution is 0.150. The molecule has 106 valence electrons. The van der Waals surface area contributed by atoms with E-state index in [9.17, 15) is 22.7 Å². The molecule has 0 saturated carbocycles. The lowest BCUT2D eigenvalue weighted by atomic mass is 9.99. The SMILES string of the molecule is OC(Cc1c(F)cccc1F)c1ccc(C(F)F)cc1. The van der Waals surface area contributed by atoms with Gasteiger partial charge in [-0.15, -0.1) is 0 Å². The average Bonchev–Trinajstić information content (AvgIpc) is 2.43. The summed E-state index contributed by atoms with van der Waals surface area (Å²) in [6.07, 6.45) is -4.01. The third kappa shape index (κ3) is 3.17. The first-order valence-electron chi connectivity index (χ1n) is 5.98.